The van der Waals surface area contributed by atoms with E-state index in [2.05, 4.69) is 12.2 Å². The summed E-state index contributed by atoms with van der Waals surface area (Å²) < 4.78 is 166. The second kappa shape index (κ2) is 7.19. The number of rotatable bonds is 8. The summed E-state index contributed by atoms with van der Waals surface area (Å²) in [6.07, 6.45) is -8.42. The molecule has 0 atom stereocenters. The summed E-state index contributed by atoms with van der Waals surface area (Å²) in [5.74, 6) is -36.9. The van der Waals surface area contributed by atoms with Crippen LogP contribution in [0.4, 0.5) is 57.1 Å². The lowest BCUT2D eigenvalue weighted by molar-refractivity contribution is -0.437. The monoisotopic (exact) mass is 434 g/mol. The van der Waals surface area contributed by atoms with E-state index in [0.29, 0.717) is 0 Å². The Bertz CT molecular complexity index is 511. The van der Waals surface area contributed by atoms with Gasteiger partial charge < -0.3 is 5.32 Å². The van der Waals surface area contributed by atoms with Crippen LogP contribution in [0.1, 0.15) is 13.3 Å². The molecule has 155 valence electrons. The Morgan fingerprint density at radius 1 is 0.731 bits per heavy atom. The molecule has 1 N–H and O–H groups in total. The third-order valence-electron chi connectivity index (χ3n) is 2.94. The van der Waals surface area contributed by atoms with Gasteiger partial charge in [-0.2, -0.15) is 57.1 Å². The second-order valence-electron chi connectivity index (χ2n) is 4.78. The Morgan fingerprint density at radius 3 is 1.46 bits per heavy atom. The fourth-order valence-corrected chi connectivity index (χ4v) is 1.41. The van der Waals surface area contributed by atoms with Crippen molar-refractivity contribution in [2.75, 3.05) is 6.54 Å². The quantitative estimate of drug-likeness (QED) is 0.414. The zero-order valence-electron chi connectivity index (χ0n) is 12.3. The summed E-state index contributed by atoms with van der Waals surface area (Å²) in [6, 6.07) is 0. The Labute approximate surface area is 142 Å². The maximum Gasteiger partial charge on any atom is 0.460 e. The summed E-state index contributed by atoms with van der Waals surface area (Å²) in [4.78, 5) is -0.235. The third kappa shape index (κ3) is 3.96. The molecule has 0 aromatic rings. The lowest BCUT2D eigenvalue weighted by atomic mass is 9.92. The van der Waals surface area contributed by atoms with Gasteiger partial charge in [0.1, 0.15) is 0 Å². The van der Waals surface area contributed by atoms with Crippen molar-refractivity contribution in [2.45, 2.75) is 49.1 Å². The van der Waals surface area contributed by atoms with Crippen LogP contribution in [0.5, 0.6) is 0 Å². The number of thiocarbonyl (C=S) groups is 1. The van der Waals surface area contributed by atoms with Crippen molar-refractivity contribution in [2.24, 2.45) is 0 Å². The number of halogens is 13. The normalized spacial score (nSPS) is 15.2. The Morgan fingerprint density at radius 2 is 1.12 bits per heavy atom. The number of hydrogen-bond donors (Lipinski definition) is 1. The first kappa shape index (κ1) is 25.0. The van der Waals surface area contributed by atoms with Gasteiger partial charge in [-0.15, -0.1) is 0 Å². The first-order chi connectivity index (χ1) is 11.2. The highest BCUT2D eigenvalue weighted by Gasteiger charge is 2.90. The van der Waals surface area contributed by atoms with Crippen LogP contribution in [0, 0.1) is 6.42 Å². The Balaban J connectivity index is 5.81. The van der Waals surface area contributed by atoms with Crippen LogP contribution >= 0.6 is 12.2 Å². The topological polar surface area (TPSA) is 12.0 Å². The minimum Gasteiger partial charge on any atom is -0.379 e. The first-order valence-corrected chi connectivity index (χ1v) is 6.68. The van der Waals surface area contributed by atoms with E-state index in [4.69, 9.17) is 0 Å². The molecule has 0 saturated carbocycles. The van der Waals surface area contributed by atoms with Crippen LogP contribution in [0.15, 0.2) is 0 Å². The highest BCUT2D eigenvalue weighted by molar-refractivity contribution is 7.80. The standard InChI is InChI=1S/C11H9F13NS/c1-2-5(26)25-4-3-6(12,13)7(14,15)8(16,17)9(18,19)10(20,21)11(22,23)24/h3H,2,4H2,1H3,(H,25,26). The summed E-state index contributed by atoms with van der Waals surface area (Å²) in [5.41, 5.74) is 0. The van der Waals surface area contributed by atoms with E-state index in [1.807, 2.05) is 5.32 Å². The summed E-state index contributed by atoms with van der Waals surface area (Å²) in [6.45, 7) is -0.0252. The molecule has 0 aromatic heterocycles. The molecule has 0 rings (SSSR count). The molecule has 1 nitrogen and oxygen atoms in total. The molecule has 26 heavy (non-hydrogen) atoms. The highest BCUT2D eigenvalue weighted by atomic mass is 32.1. The van der Waals surface area contributed by atoms with Gasteiger partial charge in [0, 0.05) is 6.54 Å². The van der Waals surface area contributed by atoms with E-state index < -0.39 is 48.8 Å². The van der Waals surface area contributed by atoms with Crippen LogP contribution < -0.4 is 5.32 Å². The number of hydrogen-bond acceptors (Lipinski definition) is 1. The predicted molar refractivity (Wildman–Crippen MR) is 66.0 cm³/mol. The average molecular weight is 434 g/mol. The molecule has 0 saturated heterocycles. The summed E-state index contributed by atoms with van der Waals surface area (Å²) in [5, 5.41) is 1.81. The molecule has 0 aliphatic heterocycles. The van der Waals surface area contributed by atoms with Crippen LogP contribution in [0.25, 0.3) is 0 Å². The first-order valence-electron chi connectivity index (χ1n) is 6.27. The lowest BCUT2D eigenvalue weighted by Crippen LogP contribution is -2.70. The zero-order valence-corrected chi connectivity index (χ0v) is 13.1. The van der Waals surface area contributed by atoms with Gasteiger partial charge in [0.15, 0.2) is 0 Å². The number of alkyl halides is 13. The average Bonchev–Trinajstić information content (AvgIpc) is 2.44. The van der Waals surface area contributed by atoms with Crippen LogP contribution in [0.2, 0.25) is 0 Å². The van der Waals surface area contributed by atoms with Gasteiger partial charge in [-0.3, -0.25) is 0 Å². The number of nitrogens with one attached hydrogen (secondary N) is 1. The van der Waals surface area contributed by atoms with Crippen molar-refractivity contribution in [3.63, 3.8) is 0 Å². The molecule has 1 radical (unpaired) electrons. The Kier molecular flexibility index (Phi) is 6.90. The minimum atomic E-state index is -7.88. The highest BCUT2D eigenvalue weighted by Crippen LogP contribution is 2.60. The van der Waals surface area contributed by atoms with Crippen LogP contribution in [0.3, 0.4) is 0 Å². The second-order valence-corrected chi connectivity index (χ2v) is 5.27. The maximum atomic E-state index is 13.2. The molecular weight excluding hydrogens is 425 g/mol. The van der Waals surface area contributed by atoms with Gasteiger partial charge in [-0.25, -0.2) is 0 Å². The summed E-state index contributed by atoms with van der Waals surface area (Å²) >= 11 is 4.40. The largest absolute Gasteiger partial charge is 0.460 e. The van der Waals surface area contributed by atoms with Crippen molar-refractivity contribution in [1.29, 1.82) is 0 Å². The molecule has 0 aliphatic carbocycles. The third-order valence-corrected chi connectivity index (χ3v) is 3.37. The smallest absolute Gasteiger partial charge is 0.379 e. The molecule has 15 heteroatoms. The van der Waals surface area contributed by atoms with E-state index in [9.17, 15) is 57.1 Å². The van der Waals surface area contributed by atoms with E-state index in [0.717, 1.165) is 0 Å². The van der Waals surface area contributed by atoms with Gasteiger partial charge >= 0.3 is 35.8 Å². The molecule has 0 unspecified atom stereocenters. The van der Waals surface area contributed by atoms with Crippen molar-refractivity contribution >= 4 is 17.2 Å². The lowest BCUT2D eigenvalue weighted by Gasteiger charge is -2.39. The minimum absolute atomic E-state index is 0.0167. The predicted octanol–water partition coefficient (Wildman–Crippen LogP) is 5.26. The molecule has 0 amide bonds. The van der Waals surface area contributed by atoms with Gasteiger partial charge in [-0.05, 0) is 6.42 Å². The van der Waals surface area contributed by atoms with Gasteiger partial charge in [0.25, 0.3) is 0 Å². The maximum absolute atomic E-state index is 13.2. The van der Waals surface area contributed by atoms with Crippen LogP contribution in [-0.2, 0) is 0 Å². The fraction of sp³-hybridized carbons (Fsp3) is 0.818. The van der Waals surface area contributed by atoms with E-state index in [1.54, 1.807) is 0 Å². The zero-order chi connectivity index (χ0) is 21.4. The molecular formula is C11H9F13NS. The molecule has 0 spiro atoms. The molecule has 0 bridgehead atoms. The van der Waals surface area contributed by atoms with Gasteiger partial charge in [0.2, 0.25) is 0 Å². The van der Waals surface area contributed by atoms with E-state index in [-0.39, 0.29) is 11.4 Å². The van der Waals surface area contributed by atoms with Crippen molar-refractivity contribution in [3.05, 3.63) is 6.42 Å². The molecule has 0 fully saturated rings. The fourth-order valence-electron chi connectivity index (χ4n) is 1.33. The van der Waals surface area contributed by atoms with Gasteiger partial charge in [-0.1, -0.05) is 19.1 Å². The summed E-state index contributed by atoms with van der Waals surface area (Å²) in [7, 11) is 0. The van der Waals surface area contributed by atoms with Crippen molar-refractivity contribution < 1.29 is 57.1 Å². The molecule has 0 aromatic carbocycles. The van der Waals surface area contributed by atoms with Crippen molar-refractivity contribution in [3.8, 4) is 0 Å². The Hall–Kier alpha value is -1.02. The van der Waals surface area contributed by atoms with E-state index >= 15 is 0 Å². The molecule has 0 aliphatic rings. The van der Waals surface area contributed by atoms with Crippen molar-refractivity contribution in [1.82, 2.24) is 5.32 Å². The molecule has 0 heterocycles. The van der Waals surface area contributed by atoms with Gasteiger partial charge in [0.05, 0.1) is 11.4 Å². The van der Waals surface area contributed by atoms with Crippen LogP contribution in [-0.4, -0.2) is 47.3 Å². The van der Waals surface area contributed by atoms with E-state index in [1.165, 1.54) is 6.92 Å². The SMILES string of the molecule is CCC(=S)NC[CH]C(F)(F)C(F)(F)C(F)(F)C(F)(F)C(F)(F)C(F)(F)F.